The molecule has 1 aliphatic heterocycles. The SMILES string of the molecule is C/C=C(\O/C(=C/CCC)C(C)C)C1CCC(c2cc(Nc3ccc4c(c3F)CNC4=O)n[nH]2)C1. The van der Waals surface area contributed by atoms with Crippen LogP contribution in [-0.4, -0.2) is 16.1 Å². The van der Waals surface area contributed by atoms with E-state index in [2.05, 4.69) is 53.8 Å². The van der Waals surface area contributed by atoms with Gasteiger partial charge in [0.25, 0.3) is 5.91 Å². The Labute approximate surface area is 201 Å². The van der Waals surface area contributed by atoms with Gasteiger partial charge in [-0.15, -0.1) is 0 Å². The first-order valence-electron chi connectivity index (χ1n) is 12.4. The summed E-state index contributed by atoms with van der Waals surface area (Å²) >= 11 is 0. The lowest BCUT2D eigenvalue weighted by molar-refractivity contribution is 0.0965. The van der Waals surface area contributed by atoms with Crippen LogP contribution in [0, 0.1) is 17.7 Å². The number of hydrogen-bond acceptors (Lipinski definition) is 4. The Hall–Kier alpha value is -3.09. The van der Waals surface area contributed by atoms with Gasteiger partial charge in [-0.2, -0.15) is 5.10 Å². The quantitative estimate of drug-likeness (QED) is 0.360. The summed E-state index contributed by atoms with van der Waals surface area (Å²) in [4.78, 5) is 11.7. The zero-order chi connectivity index (χ0) is 24.2. The number of anilines is 2. The summed E-state index contributed by atoms with van der Waals surface area (Å²) in [6.07, 6.45) is 9.55. The van der Waals surface area contributed by atoms with Gasteiger partial charge in [0.15, 0.2) is 11.6 Å². The van der Waals surface area contributed by atoms with Crippen molar-refractivity contribution in [3.8, 4) is 0 Å². The van der Waals surface area contributed by atoms with Crippen LogP contribution >= 0.6 is 0 Å². The molecule has 6 nitrogen and oxygen atoms in total. The molecule has 3 N–H and O–H groups in total. The van der Waals surface area contributed by atoms with Crippen molar-refractivity contribution in [3.05, 3.63) is 64.5 Å². The zero-order valence-electron chi connectivity index (χ0n) is 20.5. The van der Waals surface area contributed by atoms with Gasteiger partial charge in [-0.3, -0.25) is 9.89 Å². The Morgan fingerprint density at radius 2 is 2.18 bits per heavy atom. The predicted octanol–water partition coefficient (Wildman–Crippen LogP) is 6.68. The number of fused-ring (bicyclic) bond motifs is 1. The van der Waals surface area contributed by atoms with E-state index >= 15 is 0 Å². The lowest BCUT2D eigenvalue weighted by Crippen LogP contribution is -2.12. The standard InChI is InChI=1S/C27H35FN4O2/c1-5-7-8-24(16(3)4)34-23(6-2)18-10-9-17(13-18)22-14-25(32-31-22)30-21-12-11-19-20(26(21)28)15-29-27(19)33/h6,8,11-12,14,16-18H,5,7,9-10,13,15H2,1-4H3,(H,29,33)(H2,30,31,32)/b23-6-,24-8+. The van der Waals surface area contributed by atoms with E-state index in [1.807, 2.05) is 13.0 Å². The van der Waals surface area contributed by atoms with Crippen molar-refractivity contribution in [3.63, 3.8) is 0 Å². The second-order valence-corrected chi connectivity index (χ2v) is 9.52. The number of allylic oxidation sites excluding steroid dienone is 4. The first kappa shape index (κ1) is 24.0. The minimum Gasteiger partial charge on any atom is -0.466 e. The van der Waals surface area contributed by atoms with Crippen molar-refractivity contribution in [2.24, 2.45) is 11.8 Å². The highest BCUT2D eigenvalue weighted by Crippen LogP contribution is 2.42. The van der Waals surface area contributed by atoms with Gasteiger partial charge >= 0.3 is 0 Å². The lowest BCUT2D eigenvalue weighted by atomic mass is 10.00. The minimum absolute atomic E-state index is 0.215. The van der Waals surface area contributed by atoms with Crippen molar-refractivity contribution < 1.29 is 13.9 Å². The fraction of sp³-hybridized carbons (Fsp3) is 0.481. The van der Waals surface area contributed by atoms with E-state index in [1.54, 1.807) is 12.1 Å². The second kappa shape index (κ2) is 10.5. The molecule has 1 aromatic heterocycles. The number of ether oxygens (including phenoxy) is 1. The van der Waals surface area contributed by atoms with Crippen molar-refractivity contribution >= 4 is 17.4 Å². The minimum atomic E-state index is -0.409. The third kappa shape index (κ3) is 5.03. The molecule has 1 aliphatic carbocycles. The van der Waals surface area contributed by atoms with E-state index in [9.17, 15) is 9.18 Å². The van der Waals surface area contributed by atoms with Crippen LogP contribution in [0.4, 0.5) is 15.9 Å². The number of rotatable bonds is 9. The molecule has 2 aromatic rings. The number of halogens is 1. The van der Waals surface area contributed by atoms with Gasteiger partial charge in [-0.25, -0.2) is 4.39 Å². The van der Waals surface area contributed by atoms with Crippen LogP contribution in [0.2, 0.25) is 0 Å². The van der Waals surface area contributed by atoms with Crippen LogP contribution < -0.4 is 10.6 Å². The number of amides is 1. The molecule has 2 aliphatic rings. The zero-order valence-corrected chi connectivity index (χ0v) is 20.5. The second-order valence-electron chi connectivity index (χ2n) is 9.52. The largest absolute Gasteiger partial charge is 0.466 e. The molecule has 1 amide bonds. The maximum Gasteiger partial charge on any atom is 0.252 e. The number of carbonyl (C=O) groups is 1. The van der Waals surface area contributed by atoms with Gasteiger partial charge in [0.2, 0.25) is 0 Å². The Kier molecular flexibility index (Phi) is 7.39. The fourth-order valence-electron chi connectivity index (χ4n) is 4.83. The number of hydrogen-bond donors (Lipinski definition) is 3. The monoisotopic (exact) mass is 466 g/mol. The Bertz CT molecular complexity index is 1100. The van der Waals surface area contributed by atoms with E-state index < -0.39 is 5.82 Å². The third-order valence-electron chi connectivity index (χ3n) is 6.77. The van der Waals surface area contributed by atoms with Gasteiger partial charge in [-0.05, 0) is 56.9 Å². The molecular weight excluding hydrogens is 431 g/mol. The van der Waals surface area contributed by atoms with Gasteiger partial charge < -0.3 is 15.4 Å². The molecule has 0 radical (unpaired) electrons. The van der Waals surface area contributed by atoms with E-state index in [0.29, 0.717) is 40.4 Å². The summed E-state index contributed by atoms with van der Waals surface area (Å²) in [6.45, 7) is 8.78. The van der Waals surface area contributed by atoms with Gasteiger partial charge in [0.1, 0.15) is 11.5 Å². The molecule has 0 bridgehead atoms. The van der Waals surface area contributed by atoms with Crippen molar-refractivity contribution in [1.29, 1.82) is 0 Å². The Morgan fingerprint density at radius 3 is 2.91 bits per heavy atom. The third-order valence-corrected chi connectivity index (χ3v) is 6.77. The van der Waals surface area contributed by atoms with Crippen molar-refractivity contribution in [2.75, 3.05) is 5.32 Å². The summed E-state index contributed by atoms with van der Waals surface area (Å²) < 4.78 is 21.2. The van der Waals surface area contributed by atoms with E-state index in [-0.39, 0.29) is 12.5 Å². The molecule has 2 unspecified atom stereocenters. The van der Waals surface area contributed by atoms with E-state index in [1.165, 1.54) is 0 Å². The summed E-state index contributed by atoms with van der Waals surface area (Å²) in [7, 11) is 0. The number of carbonyl (C=O) groups excluding carboxylic acids is 1. The molecular formula is C27H35FN4O2. The molecule has 0 spiro atoms. The molecule has 1 aromatic carbocycles. The first-order valence-corrected chi connectivity index (χ1v) is 12.4. The molecule has 182 valence electrons. The topological polar surface area (TPSA) is 79.0 Å². The number of H-pyrrole nitrogens is 1. The van der Waals surface area contributed by atoms with Gasteiger partial charge in [0, 0.05) is 47.2 Å². The molecule has 34 heavy (non-hydrogen) atoms. The number of aromatic amines is 1. The van der Waals surface area contributed by atoms with Crippen molar-refractivity contribution in [1.82, 2.24) is 15.5 Å². The van der Waals surface area contributed by atoms with E-state index in [4.69, 9.17) is 4.74 Å². The lowest BCUT2D eigenvalue weighted by Gasteiger charge is -2.20. The number of benzene rings is 1. The smallest absolute Gasteiger partial charge is 0.252 e. The number of aromatic nitrogens is 2. The maximum atomic E-state index is 14.8. The van der Waals surface area contributed by atoms with Crippen molar-refractivity contribution in [2.45, 2.75) is 72.3 Å². The highest BCUT2D eigenvalue weighted by atomic mass is 19.1. The average molecular weight is 467 g/mol. The van der Waals surface area contributed by atoms with Crippen LogP contribution in [0.3, 0.4) is 0 Å². The van der Waals surface area contributed by atoms with Gasteiger partial charge in [-0.1, -0.05) is 27.2 Å². The number of nitrogens with one attached hydrogen (secondary N) is 3. The van der Waals surface area contributed by atoms with Gasteiger partial charge in [0.05, 0.1) is 5.69 Å². The number of nitrogens with zero attached hydrogens (tertiary/aromatic N) is 1. The first-order chi connectivity index (χ1) is 16.4. The van der Waals surface area contributed by atoms with E-state index in [0.717, 1.165) is 49.3 Å². The molecule has 4 rings (SSSR count). The van der Waals surface area contributed by atoms with Crippen LogP contribution in [-0.2, 0) is 11.3 Å². The molecule has 1 saturated carbocycles. The number of unbranched alkanes of at least 4 members (excludes halogenated alkanes) is 1. The Balaban J connectivity index is 1.41. The summed E-state index contributed by atoms with van der Waals surface area (Å²) in [5.74, 6) is 3.12. The molecule has 7 heteroatoms. The summed E-state index contributed by atoms with van der Waals surface area (Å²) in [5.41, 5.74) is 2.17. The average Bonchev–Trinajstić information content (AvgIpc) is 3.56. The summed E-state index contributed by atoms with van der Waals surface area (Å²) in [5, 5.41) is 13.2. The molecule has 2 heterocycles. The molecule has 2 atom stereocenters. The highest BCUT2D eigenvalue weighted by Gasteiger charge is 2.31. The molecule has 0 saturated heterocycles. The van der Waals surface area contributed by atoms with Crippen LogP contribution in [0.15, 0.2) is 41.9 Å². The Morgan fingerprint density at radius 1 is 1.35 bits per heavy atom. The highest BCUT2D eigenvalue weighted by molar-refractivity contribution is 5.98. The summed E-state index contributed by atoms with van der Waals surface area (Å²) in [6, 6.07) is 5.20. The molecule has 1 fully saturated rings. The van der Waals surface area contributed by atoms with Crippen LogP contribution in [0.1, 0.15) is 87.3 Å². The van der Waals surface area contributed by atoms with Crippen LogP contribution in [0.5, 0.6) is 0 Å². The fourth-order valence-corrected chi connectivity index (χ4v) is 4.83. The predicted molar refractivity (Wildman–Crippen MR) is 132 cm³/mol. The van der Waals surface area contributed by atoms with Crippen LogP contribution in [0.25, 0.3) is 0 Å². The maximum absolute atomic E-state index is 14.8. The normalized spacial score (nSPS) is 20.6.